The minimum Gasteiger partial charge on any atom is -0.461 e. The van der Waals surface area contributed by atoms with E-state index in [1.165, 1.54) is 12.1 Å². The van der Waals surface area contributed by atoms with Crippen molar-refractivity contribution in [3.05, 3.63) is 59.6 Å². The van der Waals surface area contributed by atoms with Crippen molar-refractivity contribution in [3.8, 4) is 11.6 Å². The summed E-state index contributed by atoms with van der Waals surface area (Å²) in [6.45, 7) is 0.891. The summed E-state index contributed by atoms with van der Waals surface area (Å²) in [5, 5.41) is 13.1. The zero-order valence-corrected chi connectivity index (χ0v) is 17.8. The van der Waals surface area contributed by atoms with E-state index in [1.807, 2.05) is 0 Å². The van der Waals surface area contributed by atoms with Gasteiger partial charge in [0.05, 0.1) is 11.8 Å². The first kappa shape index (κ1) is 22.7. The molecule has 0 fully saturated rings. The smallest absolute Gasteiger partial charge is 0.416 e. The van der Waals surface area contributed by atoms with Crippen molar-refractivity contribution in [2.45, 2.75) is 19.1 Å². The van der Waals surface area contributed by atoms with Crippen LogP contribution in [0.25, 0.3) is 11.6 Å². The van der Waals surface area contributed by atoms with E-state index >= 15 is 0 Å². The molecule has 0 amide bonds. The Morgan fingerprint density at radius 3 is 2.55 bits per heavy atom. The van der Waals surface area contributed by atoms with Crippen LogP contribution in [0.1, 0.15) is 17.0 Å². The highest BCUT2D eigenvalue weighted by atomic mass is 127. The van der Waals surface area contributed by atoms with Crippen LogP contribution in [0.2, 0.25) is 0 Å². The summed E-state index contributed by atoms with van der Waals surface area (Å²) in [6.07, 6.45) is -2.20. The summed E-state index contributed by atoms with van der Waals surface area (Å²) in [6, 6.07) is 8.54. The zero-order chi connectivity index (χ0) is 20.0. The number of rotatable bonds is 6. The fourth-order valence-electron chi connectivity index (χ4n) is 2.44. The van der Waals surface area contributed by atoms with E-state index in [0.717, 1.165) is 12.1 Å². The Balaban J connectivity index is 0.00000300. The van der Waals surface area contributed by atoms with Crippen LogP contribution >= 0.6 is 24.0 Å². The van der Waals surface area contributed by atoms with Crippen LogP contribution in [0, 0.1) is 0 Å². The summed E-state index contributed by atoms with van der Waals surface area (Å²) in [5.74, 6) is 2.30. The Labute approximate surface area is 182 Å². The Bertz CT molecular complexity index is 907. The van der Waals surface area contributed by atoms with E-state index in [2.05, 4.69) is 30.8 Å². The third kappa shape index (κ3) is 6.48. The van der Waals surface area contributed by atoms with Gasteiger partial charge in [-0.25, -0.2) is 4.98 Å². The van der Waals surface area contributed by atoms with Gasteiger partial charge in [-0.3, -0.25) is 10.1 Å². The molecule has 0 atom stereocenters. The molecule has 1 aromatic carbocycles. The first-order chi connectivity index (χ1) is 13.5. The number of hydrogen-bond donors (Lipinski definition) is 3. The molecule has 0 aliphatic rings. The number of guanidine groups is 1. The van der Waals surface area contributed by atoms with E-state index in [1.54, 1.807) is 25.4 Å². The van der Waals surface area contributed by atoms with E-state index in [4.69, 9.17) is 4.42 Å². The van der Waals surface area contributed by atoms with Crippen LogP contribution in [0.3, 0.4) is 0 Å². The lowest BCUT2D eigenvalue weighted by Crippen LogP contribution is -2.37. The van der Waals surface area contributed by atoms with Crippen LogP contribution in [-0.4, -0.2) is 34.7 Å². The number of alkyl halides is 3. The number of furan rings is 1. The molecule has 0 aliphatic heterocycles. The van der Waals surface area contributed by atoms with Gasteiger partial charge in [0.2, 0.25) is 5.82 Å². The molecule has 3 rings (SSSR count). The number of halogens is 4. The molecule has 11 heteroatoms. The van der Waals surface area contributed by atoms with Gasteiger partial charge >= 0.3 is 6.18 Å². The third-order valence-electron chi connectivity index (χ3n) is 3.89. The molecule has 0 saturated heterocycles. The molecule has 0 radical (unpaired) electrons. The molecule has 2 aromatic heterocycles. The quantitative estimate of drug-likeness (QED) is 0.263. The van der Waals surface area contributed by atoms with Crippen molar-refractivity contribution in [1.82, 2.24) is 25.8 Å². The predicted octanol–water partition coefficient (Wildman–Crippen LogP) is 3.61. The molecule has 0 unspecified atom stereocenters. The molecule has 0 spiro atoms. The van der Waals surface area contributed by atoms with Crippen molar-refractivity contribution in [3.63, 3.8) is 0 Å². The van der Waals surface area contributed by atoms with Crippen LogP contribution in [0.4, 0.5) is 13.2 Å². The van der Waals surface area contributed by atoms with Gasteiger partial charge in [0.15, 0.2) is 11.7 Å². The van der Waals surface area contributed by atoms with Crippen LogP contribution in [0.15, 0.2) is 52.1 Å². The average molecular weight is 520 g/mol. The molecule has 0 aliphatic carbocycles. The lowest BCUT2D eigenvalue weighted by Gasteiger charge is -2.12. The topological polar surface area (TPSA) is 91.1 Å². The lowest BCUT2D eigenvalue weighted by molar-refractivity contribution is -0.137. The molecule has 7 nitrogen and oxygen atoms in total. The highest BCUT2D eigenvalue weighted by Gasteiger charge is 2.29. The van der Waals surface area contributed by atoms with Gasteiger partial charge < -0.3 is 15.1 Å². The Kier molecular flexibility index (Phi) is 8.05. The zero-order valence-electron chi connectivity index (χ0n) is 15.5. The van der Waals surface area contributed by atoms with Gasteiger partial charge in [0.1, 0.15) is 5.82 Å². The first-order valence-electron chi connectivity index (χ1n) is 8.51. The lowest BCUT2D eigenvalue weighted by atomic mass is 10.1. The van der Waals surface area contributed by atoms with Crippen molar-refractivity contribution in [2.75, 3.05) is 13.6 Å². The Hall–Kier alpha value is -2.57. The Morgan fingerprint density at radius 1 is 1.17 bits per heavy atom. The van der Waals surface area contributed by atoms with Crippen molar-refractivity contribution >= 4 is 29.9 Å². The van der Waals surface area contributed by atoms with Gasteiger partial charge in [-0.05, 0) is 29.8 Å². The summed E-state index contributed by atoms with van der Waals surface area (Å²) in [5.41, 5.74) is 0.0500. The second kappa shape index (κ2) is 10.3. The van der Waals surface area contributed by atoms with Gasteiger partial charge in [-0.15, -0.1) is 24.0 Å². The van der Waals surface area contributed by atoms with Crippen LogP contribution in [-0.2, 0) is 19.1 Å². The third-order valence-corrected chi connectivity index (χ3v) is 3.89. The number of hydrogen-bond acceptors (Lipinski definition) is 4. The van der Waals surface area contributed by atoms with E-state index in [0.29, 0.717) is 48.4 Å². The molecular weight excluding hydrogens is 500 g/mol. The minimum atomic E-state index is -4.33. The molecule has 2 heterocycles. The molecule has 3 aromatic rings. The Morgan fingerprint density at radius 2 is 1.93 bits per heavy atom. The maximum atomic E-state index is 12.6. The second-order valence-electron chi connectivity index (χ2n) is 5.88. The number of H-pyrrole nitrogens is 1. The summed E-state index contributed by atoms with van der Waals surface area (Å²) >= 11 is 0. The van der Waals surface area contributed by atoms with Crippen LogP contribution in [0.5, 0.6) is 0 Å². The molecule has 0 bridgehead atoms. The number of aromatic amines is 1. The highest BCUT2D eigenvalue weighted by molar-refractivity contribution is 14.0. The van der Waals surface area contributed by atoms with E-state index in [9.17, 15) is 13.2 Å². The fourth-order valence-corrected chi connectivity index (χ4v) is 2.44. The van der Waals surface area contributed by atoms with E-state index in [-0.39, 0.29) is 24.0 Å². The standard InChI is InChI=1S/C18H19F3N6O.HI/c1-22-17(24-11-12-4-6-13(7-5-12)18(19,20)21)23-9-8-15-25-16(27-26-15)14-3-2-10-28-14;/h2-7,10H,8-9,11H2,1H3,(H2,22,23,24)(H,25,26,27);1H. The number of aliphatic imine (C=N–C) groups is 1. The highest BCUT2D eigenvalue weighted by Crippen LogP contribution is 2.29. The maximum Gasteiger partial charge on any atom is 0.416 e. The average Bonchev–Trinajstić information content (AvgIpc) is 3.35. The van der Waals surface area contributed by atoms with Crippen LogP contribution < -0.4 is 10.6 Å². The second-order valence-corrected chi connectivity index (χ2v) is 5.88. The van der Waals surface area contributed by atoms with Crippen molar-refractivity contribution in [1.29, 1.82) is 0 Å². The largest absolute Gasteiger partial charge is 0.461 e. The molecule has 3 N–H and O–H groups in total. The minimum absolute atomic E-state index is 0. The summed E-state index contributed by atoms with van der Waals surface area (Å²) in [4.78, 5) is 8.43. The number of benzene rings is 1. The van der Waals surface area contributed by atoms with Gasteiger partial charge in [0.25, 0.3) is 0 Å². The molecule has 156 valence electrons. The monoisotopic (exact) mass is 520 g/mol. The van der Waals surface area contributed by atoms with Gasteiger partial charge in [-0.1, -0.05) is 12.1 Å². The SMILES string of the molecule is CN=C(NCCc1nc(-c2ccco2)n[nH]1)NCc1ccc(C(F)(F)F)cc1.I. The molecule has 0 saturated carbocycles. The summed E-state index contributed by atoms with van der Waals surface area (Å²) in [7, 11) is 1.62. The summed E-state index contributed by atoms with van der Waals surface area (Å²) < 4.78 is 43.0. The maximum absolute atomic E-state index is 12.6. The predicted molar refractivity (Wildman–Crippen MR) is 113 cm³/mol. The molecular formula is C18H20F3IN6O. The van der Waals surface area contributed by atoms with Crippen molar-refractivity contribution in [2.24, 2.45) is 4.99 Å². The molecule has 29 heavy (non-hydrogen) atoms. The van der Waals surface area contributed by atoms with Crippen molar-refractivity contribution < 1.29 is 17.6 Å². The number of aromatic nitrogens is 3. The van der Waals surface area contributed by atoms with E-state index < -0.39 is 11.7 Å². The number of nitrogens with zero attached hydrogens (tertiary/aromatic N) is 3. The normalized spacial score (nSPS) is 11.8. The van der Waals surface area contributed by atoms with Gasteiger partial charge in [-0.2, -0.15) is 18.3 Å². The fraction of sp³-hybridized carbons (Fsp3) is 0.278. The first-order valence-corrected chi connectivity index (χ1v) is 8.51. The number of nitrogens with one attached hydrogen (secondary N) is 3. The van der Waals surface area contributed by atoms with Gasteiger partial charge in [0, 0.05) is 26.6 Å².